The molecule has 124 valence electrons. The first-order valence-electron chi connectivity index (χ1n) is 7.93. The van der Waals surface area contributed by atoms with Crippen molar-refractivity contribution in [2.24, 2.45) is 5.41 Å². The Labute approximate surface area is 138 Å². The van der Waals surface area contributed by atoms with Gasteiger partial charge in [-0.3, -0.25) is 0 Å². The second-order valence-electron chi connectivity index (χ2n) is 6.63. The van der Waals surface area contributed by atoms with E-state index < -0.39 is 0 Å². The lowest BCUT2D eigenvalue weighted by atomic mass is 9.93. The Morgan fingerprint density at radius 1 is 0.739 bits per heavy atom. The summed E-state index contributed by atoms with van der Waals surface area (Å²) in [5.41, 5.74) is 1.88. The van der Waals surface area contributed by atoms with Crippen molar-refractivity contribution >= 4 is 0 Å². The maximum Gasteiger partial charge on any atom is 0.120 e. The fraction of sp³-hybridized carbons (Fsp3) is 0.368. The van der Waals surface area contributed by atoms with Crippen LogP contribution in [0.15, 0.2) is 48.5 Å². The Morgan fingerprint density at radius 3 is 1.52 bits per heavy atom. The van der Waals surface area contributed by atoms with Crippen LogP contribution in [0.4, 0.5) is 0 Å². The van der Waals surface area contributed by atoms with Crippen molar-refractivity contribution < 1.29 is 10.2 Å². The van der Waals surface area contributed by atoms with Crippen LogP contribution in [0.1, 0.15) is 25.0 Å². The van der Waals surface area contributed by atoms with E-state index in [-0.39, 0.29) is 5.41 Å². The van der Waals surface area contributed by atoms with E-state index in [2.05, 4.69) is 24.5 Å². The SMILES string of the molecule is CC(C)(CNCc1ccccc1O)CNCc1ccccc1O. The number of hydrogen-bond acceptors (Lipinski definition) is 4. The highest BCUT2D eigenvalue weighted by Gasteiger charge is 2.17. The Balaban J connectivity index is 1.74. The number of hydrogen-bond donors (Lipinski definition) is 4. The molecule has 0 saturated heterocycles. The molecule has 0 aliphatic rings. The predicted octanol–water partition coefficient (Wildman–Crippen LogP) is 3.00. The van der Waals surface area contributed by atoms with Crippen LogP contribution in [0.5, 0.6) is 11.5 Å². The number of aromatic hydroxyl groups is 2. The summed E-state index contributed by atoms with van der Waals surface area (Å²) in [6, 6.07) is 14.8. The summed E-state index contributed by atoms with van der Waals surface area (Å²) in [7, 11) is 0. The smallest absolute Gasteiger partial charge is 0.120 e. The predicted molar refractivity (Wildman–Crippen MR) is 93.4 cm³/mol. The molecule has 0 aliphatic carbocycles. The minimum atomic E-state index is 0.0643. The molecule has 2 rings (SSSR count). The van der Waals surface area contributed by atoms with Crippen molar-refractivity contribution in [3.8, 4) is 11.5 Å². The molecule has 0 amide bonds. The Morgan fingerprint density at radius 2 is 1.13 bits per heavy atom. The Bertz CT molecular complexity index is 573. The highest BCUT2D eigenvalue weighted by Crippen LogP contribution is 2.18. The van der Waals surface area contributed by atoms with Crippen LogP contribution in [0.3, 0.4) is 0 Å². The molecule has 0 aliphatic heterocycles. The van der Waals surface area contributed by atoms with Gasteiger partial charge in [-0.1, -0.05) is 50.2 Å². The third kappa shape index (κ3) is 5.58. The Hall–Kier alpha value is -2.04. The average Bonchev–Trinajstić information content (AvgIpc) is 2.51. The van der Waals surface area contributed by atoms with Gasteiger partial charge in [-0.15, -0.1) is 0 Å². The molecule has 0 spiro atoms. The van der Waals surface area contributed by atoms with Gasteiger partial charge in [0.15, 0.2) is 0 Å². The summed E-state index contributed by atoms with van der Waals surface area (Å²) in [5.74, 6) is 0.658. The summed E-state index contributed by atoms with van der Waals surface area (Å²) < 4.78 is 0. The van der Waals surface area contributed by atoms with Gasteiger partial charge < -0.3 is 20.8 Å². The largest absolute Gasteiger partial charge is 0.508 e. The van der Waals surface area contributed by atoms with Crippen LogP contribution in [0.2, 0.25) is 0 Å². The lowest BCUT2D eigenvalue weighted by Gasteiger charge is -2.26. The topological polar surface area (TPSA) is 64.5 Å². The van der Waals surface area contributed by atoms with Crippen molar-refractivity contribution in [1.82, 2.24) is 10.6 Å². The van der Waals surface area contributed by atoms with E-state index in [9.17, 15) is 10.2 Å². The van der Waals surface area contributed by atoms with Crippen LogP contribution in [0.25, 0.3) is 0 Å². The maximum atomic E-state index is 9.76. The third-order valence-electron chi connectivity index (χ3n) is 3.82. The summed E-state index contributed by atoms with van der Waals surface area (Å²) in [6.45, 7) is 7.32. The zero-order valence-electron chi connectivity index (χ0n) is 13.8. The molecular formula is C19H26N2O2. The molecule has 0 unspecified atom stereocenters. The first kappa shape index (κ1) is 17.3. The quantitative estimate of drug-likeness (QED) is 0.605. The van der Waals surface area contributed by atoms with Gasteiger partial charge in [-0.2, -0.15) is 0 Å². The molecule has 2 aromatic rings. The summed E-state index contributed by atoms with van der Waals surface area (Å²) >= 11 is 0. The molecular weight excluding hydrogens is 288 g/mol. The summed E-state index contributed by atoms with van der Waals surface area (Å²) in [5, 5.41) is 26.3. The van der Waals surface area contributed by atoms with Crippen LogP contribution in [0, 0.1) is 5.41 Å². The molecule has 2 aromatic carbocycles. The molecule has 23 heavy (non-hydrogen) atoms. The van der Waals surface area contributed by atoms with Crippen LogP contribution < -0.4 is 10.6 Å². The Kier molecular flexibility index (Phi) is 6.02. The first-order chi connectivity index (χ1) is 11.0. The fourth-order valence-corrected chi connectivity index (χ4v) is 2.45. The molecule has 0 fully saturated rings. The number of rotatable bonds is 8. The fourth-order valence-electron chi connectivity index (χ4n) is 2.45. The van der Waals surface area contributed by atoms with E-state index >= 15 is 0 Å². The molecule has 0 saturated carbocycles. The molecule has 4 nitrogen and oxygen atoms in total. The lowest BCUT2D eigenvalue weighted by molar-refractivity contribution is 0.317. The van der Waals surface area contributed by atoms with Crippen molar-refractivity contribution in [3.05, 3.63) is 59.7 Å². The average molecular weight is 314 g/mol. The normalized spacial score (nSPS) is 11.6. The molecule has 0 heterocycles. The van der Waals surface area contributed by atoms with Gasteiger partial charge in [0.25, 0.3) is 0 Å². The molecule has 4 N–H and O–H groups in total. The van der Waals surface area contributed by atoms with E-state index in [0.29, 0.717) is 24.6 Å². The van der Waals surface area contributed by atoms with Gasteiger partial charge in [0.1, 0.15) is 11.5 Å². The highest BCUT2D eigenvalue weighted by molar-refractivity contribution is 5.32. The molecule has 0 atom stereocenters. The molecule has 0 bridgehead atoms. The summed E-state index contributed by atoms with van der Waals surface area (Å²) in [4.78, 5) is 0. The number of para-hydroxylation sites is 2. The van der Waals surface area contributed by atoms with E-state index in [4.69, 9.17) is 0 Å². The monoisotopic (exact) mass is 314 g/mol. The highest BCUT2D eigenvalue weighted by atomic mass is 16.3. The van der Waals surface area contributed by atoms with Gasteiger partial charge in [-0.25, -0.2) is 0 Å². The standard InChI is InChI=1S/C19H26N2O2/c1-19(2,13-20-11-15-7-3-5-9-17(15)22)14-21-12-16-8-4-6-10-18(16)23/h3-10,20-23H,11-14H2,1-2H3. The number of phenols is 2. The van der Waals surface area contributed by atoms with Crippen LogP contribution in [-0.2, 0) is 13.1 Å². The second kappa shape index (κ2) is 7.99. The van der Waals surface area contributed by atoms with Gasteiger partial charge in [0.2, 0.25) is 0 Å². The van der Waals surface area contributed by atoms with Crippen molar-refractivity contribution in [3.63, 3.8) is 0 Å². The maximum absolute atomic E-state index is 9.76. The van der Waals surface area contributed by atoms with E-state index in [0.717, 1.165) is 24.2 Å². The minimum absolute atomic E-state index is 0.0643. The molecule has 4 heteroatoms. The van der Waals surface area contributed by atoms with Crippen LogP contribution in [-0.4, -0.2) is 23.3 Å². The van der Waals surface area contributed by atoms with Crippen LogP contribution >= 0.6 is 0 Å². The van der Waals surface area contributed by atoms with Gasteiger partial charge >= 0.3 is 0 Å². The zero-order chi connectivity index (χ0) is 16.7. The summed E-state index contributed by atoms with van der Waals surface area (Å²) in [6.07, 6.45) is 0. The number of phenolic OH excluding ortho intramolecular Hbond substituents is 2. The lowest BCUT2D eigenvalue weighted by Crippen LogP contribution is -2.37. The zero-order valence-corrected chi connectivity index (χ0v) is 13.8. The third-order valence-corrected chi connectivity index (χ3v) is 3.82. The van der Waals surface area contributed by atoms with Gasteiger partial charge in [-0.05, 0) is 17.5 Å². The van der Waals surface area contributed by atoms with Crippen molar-refractivity contribution in [1.29, 1.82) is 0 Å². The van der Waals surface area contributed by atoms with Gasteiger partial charge in [0.05, 0.1) is 0 Å². The second-order valence-corrected chi connectivity index (χ2v) is 6.63. The van der Waals surface area contributed by atoms with Crippen molar-refractivity contribution in [2.75, 3.05) is 13.1 Å². The van der Waals surface area contributed by atoms with E-state index in [1.165, 1.54) is 0 Å². The number of nitrogens with one attached hydrogen (secondary N) is 2. The minimum Gasteiger partial charge on any atom is -0.508 e. The number of benzene rings is 2. The van der Waals surface area contributed by atoms with Crippen molar-refractivity contribution in [2.45, 2.75) is 26.9 Å². The van der Waals surface area contributed by atoms with E-state index in [1.807, 2.05) is 36.4 Å². The van der Waals surface area contributed by atoms with E-state index in [1.54, 1.807) is 12.1 Å². The first-order valence-corrected chi connectivity index (χ1v) is 7.93. The molecule has 0 radical (unpaired) electrons. The molecule has 0 aromatic heterocycles. The van der Waals surface area contributed by atoms with Gasteiger partial charge in [0, 0.05) is 37.3 Å².